The Morgan fingerprint density at radius 1 is 0.227 bits per heavy atom. The minimum Gasteiger partial charge on any atom is -0.359 e. The third-order valence-electron chi connectivity index (χ3n) is 22.0. The molecule has 13 aromatic carbocycles. The second-order valence-electron chi connectivity index (χ2n) is 32.7. The zero-order chi connectivity index (χ0) is 106. The number of aromatic nitrogens is 5. The molecule has 5 aromatic heterocycles. The molecule has 18 aromatic rings. The monoisotopic (exact) mass is 2410 g/mol. The van der Waals surface area contributed by atoms with Gasteiger partial charge < -0.3 is 53.2 Å². The topological polar surface area (TPSA) is 355 Å². The number of amides is 5. The van der Waals surface area contributed by atoms with E-state index in [1.165, 1.54) is 31.0 Å². The fourth-order valence-corrected chi connectivity index (χ4v) is 16.2. The average Bonchev–Trinajstić information content (AvgIpc) is 0.786. The zero-order valence-electron chi connectivity index (χ0n) is 78.7. The number of Topliss-reactive ketones (excluding diaryl/α,β-unsaturated/α-hetero) is 5. The number of nitrogens with one attached hydrogen (secondary N) is 10. The third-order valence-corrected chi connectivity index (χ3v) is 25.6. The summed E-state index contributed by atoms with van der Waals surface area (Å²) in [6.45, 7) is 1.91. The van der Waals surface area contributed by atoms with E-state index in [1.807, 2.05) is 134 Å². The van der Waals surface area contributed by atoms with Crippen molar-refractivity contribution in [1.29, 1.82) is 0 Å². The van der Waals surface area contributed by atoms with E-state index in [0.717, 1.165) is 60.6 Å². The molecule has 0 spiro atoms. The Hall–Kier alpha value is -15.3. The molecule has 5 unspecified atom stereocenters. The van der Waals surface area contributed by atoms with Crippen molar-refractivity contribution in [2.45, 2.75) is 37.8 Å². The smallest absolute Gasteiger partial charge is 0.271 e. The molecule has 0 fully saturated rings. The molecule has 5 heterocycles. The Morgan fingerprint density at radius 3 is 0.820 bits per heavy atom. The highest BCUT2D eigenvalue weighted by atomic mass is 79.9. The van der Waals surface area contributed by atoms with Crippen molar-refractivity contribution in [1.82, 2.24) is 51.5 Å². The first-order valence-corrected chi connectivity index (χ1v) is 51.5. The molecule has 5 amide bonds. The standard InChI is InChI=1S/C26H19BrClN3O2.2C24H17BrClN3O2.C21H17BrClN3O2.C20H15BrClN3O2/c27-20-10-15-23(29-16-20)26(33)31-25(30-22-13-11-21(28)12-14-22)24(32)19-8-6-18(7-9-19)17-4-2-1-3-5-17;25-16-8-13-21(27-14-16)24(31)29-23(28-18-11-9-17(26)10-12-18)22(30)20-7-3-5-15-4-1-2-6-19(15)20;25-18-7-12-21(27-14-18)24(31)29-23(28-20-10-8-19(26)9-11-20)22(30)17-6-5-15-3-1-2-4-16(15)13-17;1-13-3-2-4-14(11-13)19(27)20(25-17-8-6-16(23)7-9-17)26-21(28)18-10-5-15(22)12-24-18;21-14-6-11-17(23-12-14)20(27)25-19(18(26)13-4-2-1-3-5-13)24-16-9-7-15(22)8-10-16/h1-16,25,30H,(H,31,33);2*1-14,23,28H,(H,29,31);2-12,20,25H,1H3,(H,26,28);1-12,19,24H,(H,25,27). The first-order chi connectivity index (χ1) is 72.4. The van der Waals surface area contributed by atoms with Crippen LogP contribution in [0.4, 0.5) is 28.4 Å². The van der Waals surface area contributed by atoms with Gasteiger partial charge in [-0.15, -0.1) is 0 Å². The molecule has 0 aliphatic heterocycles. The van der Waals surface area contributed by atoms with Gasteiger partial charge in [0, 0.05) is 135 Å². The van der Waals surface area contributed by atoms with Crippen LogP contribution in [-0.2, 0) is 0 Å². The highest BCUT2D eigenvalue weighted by Gasteiger charge is 2.31. The Kier molecular flexibility index (Phi) is 40.1. The average molecular weight is 2410 g/mol. The molecular formula is C115H85Br5Cl5N15O10. The highest BCUT2D eigenvalue weighted by Crippen LogP contribution is 2.29. The van der Waals surface area contributed by atoms with Crippen LogP contribution in [0.15, 0.2) is 429 Å². The van der Waals surface area contributed by atoms with Gasteiger partial charge in [-0.25, -0.2) is 24.9 Å². The minimum atomic E-state index is -1.01. The maximum atomic E-state index is 13.5. The molecule has 18 rings (SSSR count). The molecule has 35 heteroatoms. The summed E-state index contributed by atoms with van der Waals surface area (Å²) < 4.78 is 3.79. The lowest BCUT2D eigenvalue weighted by molar-refractivity contribution is 0.0866. The summed E-state index contributed by atoms with van der Waals surface area (Å²) in [4.78, 5) is 150. The summed E-state index contributed by atoms with van der Waals surface area (Å²) in [5.41, 5.74) is 9.71. The SMILES string of the molecule is Cc1cccc(C(=O)C(NC(=O)c2ccc(Br)cn2)Nc2ccc(Cl)cc2)c1.O=C(NC(Nc1ccc(Cl)cc1)C(=O)c1ccc(-c2ccccc2)cc1)c1ccc(Br)cn1.O=C(NC(Nc1ccc(Cl)cc1)C(=O)c1ccc2ccccc2c1)c1ccc(Br)cn1.O=C(NC(Nc1ccc(Cl)cc1)C(=O)c1cccc2ccccc12)c1ccc(Br)cn1.O=C(NC(Nc1ccc(Cl)cc1)C(=O)c1ccccc1)c1ccc(Br)cn1. The van der Waals surface area contributed by atoms with Crippen LogP contribution in [0.1, 0.15) is 110 Å². The first-order valence-electron chi connectivity index (χ1n) is 45.6. The van der Waals surface area contributed by atoms with Gasteiger partial charge in [-0.2, -0.15) is 0 Å². The molecule has 150 heavy (non-hydrogen) atoms. The second kappa shape index (κ2) is 54.6. The van der Waals surface area contributed by atoms with Gasteiger partial charge in [0.2, 0.25) is 28.9 Å². The molecule has 0 aliphatic carbocycles. The van der Waals surface area contributed by atoms with Gasteiger partial charge in [0.25, 0.3) is 29.5 Å². The Morgan fingerprint density at radius 2 is 0.487 bits per heavy atom. The molecule has 0 radical (unpaired) electrons. The second-order valence-corrected chi connectivity index (χ2v) is 39.4. The number of carbonyl (C=O) groups is 10. The summed E-state index contributed by atoms with van der Waals surface area (Å²) in [7, 11) is 0. The quantitative estimate of drug-likeness (QED) is 0.0142. The van der Waals surface area contributed by atoms with Gasteiger partial charge in [-0.05, 0) is 313 Å². The molecule has 0 bridgehead atoms. The van der Waals surface area contributed by atoms with Gasteiger partial charge in [-0.3, -0.25) is 47.9 Å². The molecule has 5 atom stereocenters. The lowest BCUT2D eigenvalue weighted by atomic mass is 10.00. The van der Waals surface area contributed by atoms with E-state index in [0.29, 0.717) is 81.4 Å². The first kappa shape index (κ1) is 110. The number of halogens is 10. The predicted octanol–water partition coefficient (Wildman–Crippen LogP) is 27.0. The molecule has 750 valence electrons. The van der Waals surface area contributed by atoms with Crippen molar-refractivity contribution >= 4 is 246 Å². The number of nitrogens with zero attached hydrogens (tertiary/aromatic N) is 5. The normalized spacial score (nSPS) is 11.6. The van der Waals surface area contributed by atoms with E-state index < -0.39 is 60.4 Å². The number of aryl methyl sites for hydroxylation is 1. The maximum absolute atomic E-state index is 13.5. The Labute approximate surface area is 929 Å². The maximum Gasteiger partial charge on any atom is 0.271 e. The number of hydrogen-bond acceptors (Lipinski definition) is 20. The lowest BCUT2D eigenvalue weighted by Crippen LogP contribution is -2.46. The van der Waals surface area contributed by atoms with Crippen molar-refractivity contribution in [3.8, 4) is 11.1 Å². The molecule has 10 N–H and O–H groups in total. The fraction of sp³-hybridized carbons (Fsp3) is 0.0522. The molecule has 0 aliphatic rings. The van der Waals surface area contributed by atoms with Gasteiger partial charge in [0.05, 0.1) is 0 Å². The van der Waals surface area contributed by atoms with Gasteiger partial charge in [0.15, 0.2) is 30.8 Å². The van der Waals surface area contributed by atoms with Gasteiger partial charge in [-0.1, -0.05) is 246 Å². The summed E-state index contributed by atoms with van der Waals surface area (Å²) >= 11 is 46.2. The van der Waals surface area contributed by atoms with E-state index >= 15 is 0 Å². The summed E-state index contributed by atoms with van der Waals surface area (Å²) in [5.74, 6) is -3.67. The molecule has 25 nitrogen and oxygen atoms in total. The van der Waals surface area contributed by atoms with Crippen molar-refractivity contribution in [3.05, 3.63) is 516 Å². The van der Waals surface area contributed by atoms with Crippen molar-refractivity contribution in [3.63, 3.8) is 0 Å². The van der Waals surface area contributed by atoms with Crippen LogP contribution in [0.2, 0.25) is 25.1 Å². The summed E-state index contributed by atoms with van der Waals surface area (Å²) in [6.07, 6.45) is 2.68. The largest absolute Gasteiger partial charge is 0.359 e. The van der Waals surface area contributed by atoms with Crippen LogP contribution in [-0.4, -0.2) is 114 Å². The number of anilines is 5. The van der Waals surface area contributed by atoms with Crippen molar-refractivity contribution in [2.24, 2.45) is 0 Å². The number of benzene rings is 13. The number of pyridine rings is 5. The lowest BCUT2D eigenvalue weighted by Gasteiger charge is -2.21. The van der Waals surface area contributed by atoms with Crippen LogP contribution < -0.4 is 53.2 Å². The molecule has 0 saturated heterocycles. The van der Waals surface area contributed by atoms with Crippen molar-refractivity contribution < 1.29 is 47.9 Å². The number of ketones is 5. The summed E-state index contributed by atoms with van der Waals surface area (Å²) in [5, 5.41) is 35.7. The van der Waals surface area contributed by atoms with Crippen LogP contribution >= 0.6 is 138 Å². The van der Waals surface area contributed by atoms with Crippen molar-refractivity contribution in [2.75, 3.05) is 26.6 Å². The minimum absolute atomic E-state index is 0.202. The van der Waals surface area contributed by atoms with Crippen LogP contribution in [0.5, 0.6) is 0 Å². The third kappa shape index (κ3) is 32.6. The Bertz CT molecular complexity index is 7780. The zero-order valence-corrected chi connectivity index (χ0v) is 90.4. The number of fused-ring (bicyclic) bond motifs is 2. The van der Waals surface area contributed by atoms with Crippen LogP contribution in [0.3, 0.4) is 0 Å². The predicted molar refractivity (Wildman–Crippen MR) is 610 cm³/mol. The molecular weight excluding hydrogens is 2330 g/mol. The number of carbonyl (C=O) groups excluding carboxylic acids is 10. The van der Waals surface area contributed by atoms with E-state index in [1.54, 1.807) is 249 Å². The number of hydrogen-bond donors (Lipinski definition) is 10. The fourth-order valence-electron chi connectivity index (χ4n) is 14.4. The molecule has 0 saturated carbocycles. The van der Waals surface area contributed by atoms with Gasteiger partial charge in [0.1, 0.15) is 28.5 Å². The van der Waals surface area contributed by atoms with E-state index in [2.05, 4.69) is 158 Å². The summed E-state index contributed by atoms with van der Waals surface area (Å²) in [6, 6.07) is 110. The van der Waals surface area contributed by atoms with Crippen LogP contribution in [0, 0.1) is 6.92 Å². The van der Waals surface area contributed by atoms with E-state index in [4.69, 9.17) is 58.0 Å². The highest BCUT2D eigenvalue weighted by molar-refractivity contribution is 9.11. The van der Waals surface area contributed by atoms with E-state index in [9.17, 15) is 47.9 Å². The van der Waals surface area contributed by atoms with Crippen LogP contribution in [0.25, 0.3) is 32.7 Å². The number of rotatable bonds is 31. The van der Waals surface area contributed by atoms with E-state index in [-0.39, 0.29) is 57.4 Å². The van der Waals surface area contributed by atoms with Gasteiger partial charge >= 0.3 is 0 Å². The Balaban J connectivity index is 0.000000148.